The standard InChI is InChI=1S/C20H36N2O2/c1-6-7-13-22-16(23)19(24-20(22)11-9-8-10-12-20)14-17(2,3)21-18(4,5)15-19/h21H,6-15H2,1-5H3. The Kier molecular flexibility index (Phi) is 4.53. The first-order valence-corrected chi connectivity index (χ1v) is 9.95. The van der Waals surface area contributed by atoms with E-state index in [0.29, 0.717) is 0 Å². The van der Waals surface area contributed by atoms with Crippen molar-refractivity contribution in [2.24, 2.45) is 0 Å². The van der Waals surface area contributed by atoms with Crippen LogP contribution in [0, 0.1) is 0 Å². The minimum absolute atomic E-state index is 0.0893. The van der Waals surface area contributed by atoms with Gasteiger partial charge in [-0.2, -0.15) is 0 Å². The lowest BCUT2D eigenvalue weighted by molar-refractivity contribution is -0.181. The molecule has 24 heavy (non-hydrogen) atoms. The molecule has 0 atom stereocenters. The maximum atomic E-state index is 13.6. The zero-order chi connectivity index (χ0) is 17.6. The summed E-state index contributed by atoms with van der Waals surface area (Å²) in [5.74, 6) is 0.264. The van der Waals surface area contributed by atoms with E-state index in [2.05, 4.69) is 44.8 Å². The lowest BCUT2D eigenvalue weighted by Gasteiger charge is -2.50. The third-order valence-electron chi connectivity index (χ3n) is 6.01. The Hall–Kier alpha value is -0.610. The fourth-order valence-electron chi connectivity index (χ4n) is 5.71. The lowest BCUT2D eigenvalue weighted by Crippen LogP contribution is -2.65. The summed E-state index contributed by atoms with van der Waals surface area (Å²) in [6.45, 7) is 11.9. The topological polar surface area (TPSA) is 41.6 Å². The molecule has 1 N–H and O–H groups in total. The number of amides is 1. The van der Waals surface area contributed by atoms with Crippen LogP contribution in [0.5, 0.6) is 0 Å². The van der Waals surface area contributed by atoms with Crippen LogP contribution in [0.4, 0.5) is 0 Å². The molecular formula is C20H36N2O2. The average Bonchev–Trinajstić information content (AvgIpc) is 2.62. The molecule has 3 rings (SSSR count). The second-order valence-corrected chi connectivity index (χ2v) is 9.66. The zero-order valence-electron chi connectivity index (χ0n) is 16.3. The van der Waals surface area contributed by atoms with Gasteiger partial charge in [-0.05, 0) is 59.8 Å². The van der Waals surface area contributed by atoms with E-state index in [1.807, 2.05) is 0 Å². The van der Waals surface area contributed by atoms with Gasteiger partial charge in [-0.25, -0.2) is 0 Å². The maximum absolute atomic E-state index is 13.6. The molecule has 2 heterocycles. The number of unbranched alkanes of at least 4 members (excludes halogenated alkanes) is 1. The van der Waals surface area contributed by atoms with Crippen molar-refractivity contribution in [2.45, 2.75) is 115 Å². The molecular weight excluding hydrogens is 300 g/mol. The average molecular weight is 337 g/mol. The smallest absolute Gasteiger partial charge is 0.257 e. The Balaban J connectivity index is 1.95. The van der Waals surface area contributed by atoms with Crippen molar-refractivity contribution >= 4 is 5.91 Å². The van der Waals surface area contributed by atoms with Crippen LogP contribution in [0.15, 0.2) is 0 Å². The lowest BCUT2D eigenvalue weighted by atomic mass is 9.72. The van der Waals surface area contributed by atoms with Crippen molar-refractivity contribution in [2.75, 3.05) is 6.54 Å². The summed E-state index contributed by atoms with van der Waals surface area (Å²) in [7, 11) is 0. The van der Waals surface area contributed by atoms with Gasteiger partial charge in [0.1, 0.15) is 5.72 Å². The predicted molar refractivity (Wildman–Crippen MR) is 96.8 cm³/mol. The molecule has 0 aromatic heterocycles. The van der Waals surface area contributed by atoms with Gasteiger partial charge in [0.05, 0.1) is 0 Å². The number of hydrogen-bond acceptors (Lipinski definition) is 3. The van der Waals surface area contributed by atoms with Gasteiger partial charge in [0.2, 0.25) is 0 Å². The Morgan fingerprint density at radius 3 is 2.17 bits per heavy atom. The summed E-state index contributed by atoms with van der Waals surface area (Å²) >= 11 is 0. The number of nitrogens with zero attached hydrogens (tertiary/aromatic N) is 1. The van der Waals surface area contributed by atoms with Crippen LogP contribution in [0.25, 0.3) is 0 Å². The Bertz CT molecular complexity index is 476. The Morgan fingerprint density at radius 2 is 1.62 bits per heavy atom. The largest absolute Gasteiger partial charge is 0.339 e. The van der Waals surface area contributed by atoms with Crippen LogP contribution >= 0.6 is 0 Å². The second-order valence-electron chi connectivity index (χ2n) is 9.66. The van der Waals surface area contributed by atoms with E-state index in [4.69, 9.17) is 4.74 Å². The van der Waals surface area contributed by atoms with Crippen molar-refractivity contribution < 1.29 is 9.53 Å². The van der Waals surface area contributed by atoms with E-state index in [0.717, 1.165) is 45.1 Å². The number of ether oxygens (including phenoxy) is 1. The molecule has 1 saturated carbocycles. The van der Waals surface area contributed by atoms with Crippen LogP contribution in [-0.2, 0) is 9.53 Å². The molecule has 3 aliphatic rings. The quantitative estimate of drug-likeness (QED) is 0.847. The number of carbonyl (C=O) groups excluding carboxylic acids is 1. The molecule has 0 radical (unpaired) electrons. The highest BCUT2D eigenvalue weighted by Crippen LogP contribution is 2.51. The summed E-state index contributed by atoms with van der Waals surface area (Å²) in [5, 5.41) is 3.70. The molecule has 1 aliphatic carbocycles. The van der Waals surface area contributed by atoms with E-state index >= 15 is 0 Å². The molecule has 4 heteroatoms. The highest BCUT2D eigenvalue weighted by atomic mass is 16.6. The SMILES string of the molecule is CCCCN1C(=O)C2(CC(C)(C)NC(C)(C)C2)OC12CCCCC2. The number of piperidine rings is 1. The minimum atomic E-state index is -0.636. The molecule has 3 fully saturated rings. The van der Waals surface area contributed by atoms with Crippen LogP contribution in [0.1, 0.15) is 92.4 Å². The van der Waals surface area contributed by atoms with Gasteiger partial charge in [0.15, 0.2) is 5.60 Å². The Labute approximate surface area is 147 Å². The first-order valence-electron chi connectivity index (χ1n) is 9.95. The van der Waals surface area contributed by atoms with Gasteiger partial charge in [0, 0.05) is 30.5 Å². The molecule has 2 aliphatic heterocycles. The van der Waals surface area contributed by atoms with E-state index in [1.54, 1.807) is 0 Å². The molecule has 2 spiro atoms. The van der Waals surface area contributed by atoms with Gasteiger partial charge < -0.3 is 15.0 Å². The van der Waals surface area contributed by atoms with Crippen LogP contribution in [0.3, 0.4) is 0 Å². The summed E-state index contributed by atoms with van der Waals surface area (Å²) in [6, 6.07) is 0. The van der Waals surface area contributed by atoms with E-state index in [1.165, 1.54) is 19.3 Å². The number of rotatable bonds is 3. The minimum Gasteiger partial charge on any atom is -0.339 e. The van der Waals surface area contributed by atoms with Gasteiger partial charge in [-0.15, -0.1) is 0 Å². The third-order valence-corrected chi connectivity index (χ3v) is 6.01. The van der Waals surface area contributed by atoms with Crippen LogP contribution in [0.2, 0.25) is 0 Å². The molecule has 0 unspecified atom stereocenters. The van der Waals surface area contributed by atoms with Crippen LogP contribution in [-0.4, -0.2) is 39.8 Å². The highest BCUT2D eigenvalue weighted by molar-refractivity contribution is 5.88. The fraction of sp³-hybridized carbons (Fsp3) is 0.950. The van der Waals surface area contributed by atoms with Gasteiger partial charge in [-0.1, -0.05) is 19.8 Å². The molecule has 138 valence electrons. The van der Waals surface area contributed by atoms with Crippen LogP contribution < -0.4 is 5.32 Å². The fourth-order valence-corrected chi connectivity index (χ4v) is 5.71. The molecule has 0 aromatic carbocycles. The van der Waals surface area contributed by atoms with E-state index < -0.39 is 5.60 Å². The summed E-state index contributed by atoms with van der Waals surface area (Å²) in [4.78, 5) is 15.8. The predicted octanol–water partition coefficient (Wildman–Crippen LogP) is 3.99. The van der Waals surface area contributed by atoms with Crippen molar-refractivity contribution in [3.8, 4) is 0 Å². The van der Waals surface area contributed by atoms with Gasteiger partial charge in [-0.3, -0.25) is 4.79 Å². The van der Waals surface area contributed by atoms with Crippen molar-refractivity contribution in [1.29, 1.82) is 0 Å². The van der Waals surface area contributed by atoms with Gasteiger partial charge in [0.25, 0.3) is 5.91 Å². The van der Waals surface area contributed by atoms with Gasteiger partial charge >= 0.3 is 0 Å². The summed E-state index contributed by atoms with van der Waals surface area (Å²) in [5.41, 5.74) is -1.14. The van der Waals surface area contributed by atoms with Crippen molar-refractivity contribution in [3.05, 3.63) is 0 Å². The molecule has 2 saturated heterocycles. The molecule has 0 bridgehead atoms. The number of hydrogen-bond donors (Lipinski definition) is 1. The second kappa shape index (κ2) is 5.98. The van der Waals surface area contributed by atoms with E-state index in [-0.39, 0.29) is 22.7 Å². The maximum Gasteiger partial charge on any atom is 0.257 e. The number of carbonyl (C=O) groups is 1. The molecule has 1 amide bonds. The third kappa shape index (κ3) is 3.12. The van der Waals surface area contributed by atoms with E-state index in [9.17, 15) is 4.79 Å². The Morgan fingerprint density at radius 1 is 1.04 bits per heavy atom. The monoisotopic (exact) mass is 336 g/mol. The first kappa shape index (κ1) is 18.2. The van der Waals surface area contributed by atoms with Crippen molar-refractivity contribution in [1.82, 2.24) is 10.2 Å². The van der Waals surface area contributed by atoms with Crippen molar-refractivity contribution in [3.63, 3.8) is 0 Å². The first-order chi connectivity index (χ1) is 11.1. The molecule has 4 nitrogen and oxygen atoms in total. The normalized spacial score (nSPS) is 30.2. The molecule has 0 aromatic rings. The summed E-state index contributed by atoms with van der Waals surface area (Å²) in [6.07, 6.45) is 9.38. The highest BCUT2D eigenvalue weighted by Gasteiger charge is 2.64. The summed E-state index contributed by atoms with van der Waals surface area (Å²) < 4.78 is 6.85. The number of nitrogens with one attached hydrogen (secondary N) is 1. The zero-order valence-corrected chi connectivity index (χ0v) is 16.3.